The summed E-state index contributed by atoms with van der Waals surface area (Å²) in [6.07, 6.45) is 1.96. The van der Waals surface area contributed by atoms with Crippen LogP contribution in [0.25, 0.3) is 5.65 Å². The zero-order valence-electron chi connectivity index (χ0n) is 11.8. The molecule has 0 atom stereocenters. The lowest BCUT2D eigenvalue weighted by Crippen LogP contribution is -1.85. The fourth-order valence-corrected chi connectivity index (χ4v) is 2.14. The Morgan fingerprint density at radius 2 is 1.70 bits per heavy atom. The van der Waals surface area contributed by atoms with Crippen molar-refractivity contribution in [2.45, 2.75) is 20.8 Å². The zero-order chi connectivity index (χ0) is 14.1. The molecule has 20 heavy (non-hydrogen) atoms. The molecule has 0 amide bonds. The molecule has 2 heterocycles. The monoisotopic (exact) mass is 264 g/mol. The largest absolute Gasteiger partial charge is 0.283 e. The van der Waals surface area contributed by atoms with Crippen molar-refractivity contribution in [3.63, 3.8) is 0 Å². The molecule has 2 aromatic heterocycles. The second-order valence-electron chi connectivity index (χ2n) is 4.94. The van der Waals surface area contributed by atoms with Gasteiger partial charge in [-0.05, 0) is 44.5 Å². The van der Waals surface area contributed by atoms with Gasteiger partial charge in [0.25, 0.3) is 0 Å². The standard InChI is InChI=1S/C16H16N4/c1-11-6-8-14(9-7-11)18-19-16-13(3)17-15-12(2)5-4-10-20(15)16/h4-10H,1-3H3. The van der Waals surface area contributed by atoms with Gasteiger partial charge in [0.2, 0.25) is 0 Å². The van der Waals surface area contributed by atoms with Crippen molar-refractivity contribution in [2.24, 2.45) is 10.2 Å². The lowest BCUT2D eigenvalue weighted by atomic mass is 10.2. The summed E-state index contributed by atoms with van der Waals surface area (Å²) in [6, 6.07) is 12.0. The first kappa shape index (κ1) is 12.5. The van der Waals surface area contributed by atoms with Gasteiger partial charge in [-0.25, -0.2) is 4.98 Å². The summed E-state index contributed by atoms with van der Waals surface area (Å²) in [7, 11) is 0. The molecule has 0 aliphatic heterocycles. The number of benzene rings is 1. The molecule has 0 fully saturated rings. The third-order valence-electron chi connectivity index (χ3n) is 3.28. The second kappa shape index (κ2) is 4.89. The second-order valence-corrected chi connectivity index (χ2v) is 4.94. The van der Waals surface area contributed by atoms with Crippen molar-refractivity contribution >= 4 is 17.2 Å². The van der Waals surface area contributed by atoms with Crippen LogP contribution in [0.2, 0.25) is 0 Å². The molecule has 3 aromatic rings. The van der Waals surface area contributed by atoms with Crippen LogP contribution in [0.1, 0.15) is 16.8 Å². The minimum Gasteiger partial charge on any atom is -0.283 e. The molecule has 0 bridgehead atoms. The zero-order valence-corrected chi connectivity index (χ0v) is 11.8. The normalized spacial score (nSPS) is 11.6. The van der Waals surface area contributed by atoms with Gasteiger partial charge in [-0.3, -0.25) is 4.40 Å². The molecule has 4 nitrogen and oxygen atoms in total. The molecule has 4 heteroatoms. The smallest absolute Gasteiger partial charge is 0.182 e. The van der Waals surface area contributed by atoms with Crippen molar-refractivity contribution < 1.29 is 0 Å². The summed E-state index contributed by atoms with van der Waals surface area (Å²) < 4.78 is 1.97. The van der Waals surface area contributed by atoms with Crippen molar-refractivity contribution in [1.29, 1.82) is 0 Å². The predicted octanol–water partition coefficient (Wildman–Crippen LogP) is 4.67. The molecule has 0 aliphatic rings. The van der Waals surface area contributed by atoms with Gasteiger partial charge in [-0.2, -0.15) is 0 Å². The Balaban J connectivity index is 2.04. The van der Waals surface area contributed by atoms with Crippen molar-refractivity contribution in [3.8, 4) is 0 Å². The molecule has 3 rings (SSSR count). The van der Waals surface area contributed by atoms with Crippen LogP contribution in [0.3, 0.4) is 0 Å². The number of pyridine rings is 1. The maximum Gasteiger partial charge on any atom is 0.182 e. The lowest BCUT2D eigenvalue weighted by Gasteiger charge is -1.98. The molecule has 0 N–H and O–H groups in total. The minimum absolute atomic E-state index is 0.782. The van der Waals surface area contributed by atoms with Gasteiger partial charge in [-0.1, -0.05) is 23.8 Å². The number of rotatable bonds is 2. The van der Waals surface area contributed by atoms with Gasteiger partial charge in [0.15, 0.2) is 5.82 Å². The van der Waals surface area contributed by atoms with E-state index in [0.29, 0.717) is 0 Å². The van der Waals surface area contributed by atoms with E-state index in [-0.39, 0.29) is 0 Å². The highest BCUT2D eigenvalue weighted by Gasteiger charge is 2.09. The number of azo groups is 1. The van der Waals surface area contributed by atoms with Gasteiger partial charge in [0.05, 0.1) is 11.4 Å². The summed E-state index contributed by atoms with van der Waals surface area (Å²) in [4.78, 5) is 4.55. The van der Waals surface area contributed by atoms with Crippen molar-refractivity contribution in [2.75, 3.05) is 0 Å². The first-order valence-corrected chi connectivity index (χ1v) is 6.58. The van der Waals surface area contributed by atoms with Gasteiger partial charge >= 0.3 is 0 Å². The van der Waals surface area contributed by atoms with E-state index in [1.807, 2.05) is 60.8 Å². The molecule has 0 unspecified atom stereocenters. The molecule has 1 aromatic carbocycles. The Bertz CT molecular complexity index is 782. The summed E-state index contributed by atoms with van der Waals surface area (Å²) >= 11 is 0. The van der Waals surface area contributed by atoms with E-state index in [2.05, 4.69) is 22.1 Å². The third kappa shape index (κ3) is 2.20. The lowest BCUT2D eigenvalue weighted by molar-refractivity contribution is 1.09. The Kier molecular flexibility index (Phi) is 3.06. The number of fused-ring (bicyclic) bond motifs is 1. The van der Waals surface area contributed by atoms with Crippen LogP contribution in [-0.2, 0) is 0 Å². The highest BCUT2D eigenvalue weighted by atomic mass is 15.2. The van der Waals surface area contributed by atoms with Gasteiger partial charge < -0.3 is 0 Å². The fraction of sp³-hybridized carbons (Fsp3) is 0.188. The van der Waals surface area contributed by atoms with Crippen LogP contribution in [0.15, 0.2) is 52.8 Å². The van der Waals surface area contributed by atoms with Crippen LogP contribution in [0, 0.1) is 20.8 Å². The number of imidazole rings is 1. The van der Waals surface area contributed by atoms with E-state index < -0.39 is 0 Å². The number of hydrogen-bond acceptors (Lipinski definition) is 3. The minimum atomic E-state index is 0.782. The van der Waals surface area contributed by atoms with Crippen LogP contribution in [-0.4, -0.2) is 9.38 Å². The Morgan fingerprint density at radius 1 is 0.950 bits per heavy atom. The summed E-state index contributed by atoms with van der Waals surface area (Å²) in [5, 5.41) is 8.66. The molecule has 0 radical (unpaired) electrons. The molecule has 0 saturated heterocycles. The summed E-state index contributed by atoms with van der Waals surface area (Å²) in [6.45, 7) is 6.05. The fourth-order valence-electron chi connectivity index (χ4n) is 2.14. The highest BCUT2D eigenvalue weighted by molar-refractivity contribution is 5.56. The first-order chi connectivity index (χ1) is 9.65. The Hall–Kier alpha value is -2.49. The molecular formula is C16H16N4. The molecule has 0 spiro atoms. The van der Waals surface area contributed by atoms with E-state index >= 15 is 0 Å². The molecular weight excluding hydrogens is 248 g/mol. The summed E-state index contributed by atoms with van der Waals surface area (Å²) in [5.74, 6) is 0.782. The molecule has 0 saturated carbocycles. The Morgan fingerprint density at radius 3 is 2.45 bits per heavy atom. The van der Waals surface area contributed by atoms with E-state index in [1.54, 1.807) is 0 Å². The topological polar surface area (TPSA) is 42.0 Å². The van der Waals surface area contributed by atoms with Crippen LogP contribution in [0.5, 0.6) is 0 Å². The van der Waals surface area contributed by atoms with E-state index in [9.17, 15) is 0 Å². The van der Waals surface area contributed by atoms with Gasteiger partial charge in [-0.15, -0.1) is 10.2 Å². The average Bonchev–Trinajstić information content (AvgIpc) is 2.76. The molecule has 100 valence electrons. The van der Waals surface area contributed by atoms with Crippen molar-refractivity contribution in [3.05, 3.63) is 59.4 Å². The van der Waals surface area contributed by atoms with Crippen LogP contribution < -0.4 is 0 Å². The SMILES string of the molecule is Cc1ccc(N=Nc2c(C)nc3c(C)cccn23)cc1. The third-order valence-corrected chi connectivity index (χ3v) is 3.28. The van der Waals surface area contributed by atoms with Crippen molar-refractivity contribution in [1.82, 2.24) is 9.38 Å². The molecule has 0 aliphatic carbocycles. The van der Waals surface area contributed by atoms with E-state index in [1.165, 1.54) is 5.56 Å². The maximum atomic E-state index is 4.55. The van der Waals surface area contributed by atoms with E-state index in [4.69, 9.17) is 0 Å². The first-order valence-electron chi connectivity index (χ1n) is 6.58. The highest BCUT2D eigenvalue weighted by Crippen LogP contribution is 2.24. The maximum absolute atomic E-state index is 4.55. The van der Waals surface area contributed by atoms with Crippen LogP contribution >= 0.6 is 0 Å². The van der Waals surface area contributed by atoms with E-state index in [0.717, 1.165) is 28.4 Å². The van der Waals surface area contributed by atoms with Gasteiger partial charge in [0, 0.05) is 6.20 Å². The predicted molar refractivity (Wildman–Crippen MR) is 80.0 cm³/mol. The number of hydrogen-bond donors (Lipinski definition) is 0. The number of aryl methyl sites for hydroxylation is 3. The average molecular weight is 264 g/mol. The Labute approximate surface area is 117 Å². The van der Waals surface area contributed by atoms with Crippen LogP contribution in [0.4, 0.5) is 11.5 Å². The number of aromatic nitrogens is 2. The van der Waals surface area contributed by atoms with Gasteiger partial charge in [0.1, 0.15) is 5.65 Å². The quantitative estimate of drug-likeness (QED) is 0.620. The number of nitrogens with zero attached hydrogens (tertiary/aromatic N) is 4. The summed E-state index contributed by atoms with van der Waals surface area (Å²) in [5.41, 5.74) is 5.01.